The maximum Gasteiger partial charge on any atom is 0.325 e. The minimum Gasteiger partial charge on any atom is -0.351 e. The number of hydrogen-bond acceptors (Lipinski definition) is 4. The van der Waals surface area contributed by atoms with Crippen molar-refractivity contribution in [1.29, 1.82) is 0 Å². The second-order valence-electron chi connectivity index (χ2n) is 8.01. The molecule has 0 radical (unpaired) electrons. The van der Waals surface area contributed by atoms with E-state index in [1.807, 2.05) is 24.3 Å². The van der Waals surface area contributed by atoms with Gasteiger partial charge >= 0.3 is 6.03 Å². The monoisotopic (exact) mass is 371 g/mol. The van der Waals surface area contributed by atoms with E-state index in [1.54, 1.807) is 13.8 Å². The molecule has 1 atom stereocenters. The first-order chi connectivity index (χ1) is 12.6. The Morgan fingerprint density at radius 2 is 1.96 bits per heavy atom. The van der Waals surface area contributed by atoms with E-state index in [9.17, 15) is 19.2 Å². The van der Waals surface area contributed by atoms with Crippen molar-refractivity contribution in [2.45, 2.75) is 57.5 Å². The largest absolute Gasteiger partial charge is 0.351 e. The van der Waals surface area contributed by atoms with Crippen LogP contribution in [-0.4, -0.2) is 40.6 Å². The third kappa shape index (κ3) is 3.59. The van der Waals surface area contributed by atoms with Gasteiger partial charge in [-0.3, -0.25) is 19.3 Å². The summed E-state index contributed by atoms with van der Waals surface area (Å²) in [5, 5.41) is 5.63. The van der Waals surface area contributed by atoms with E-state index in [1.165, 1.54) is 6.92 Å². The van der Waals surface area contributed by atoms with Gasteiger partial charge in [-0.1, -0.05) is 24.3 Å². The Kier molecular flexibility index (Phi) is 4.80. The van der Waals surface area contributed by atoms with E-state index in [0.29, 0.717) is 6.42 Å². The van der Waals surface area contributed by atoms with Crippen molar-refractivity contribution >= 4 is 23.6 Å². The van der Waals surface area contributed by atoms with E-state index >= 15 is 0 Å². The average Bonchev–Trinajstić information content (AvgIpc) is 3.04. The molecule has 7 heteroatoms. The summed E-state index contributed by atoms with van der Waals surface area (Å²) in [6, 6.07) is 7.16. The van der Waals surface area contributed by atoms with E-state index in [0.717, 1.165) is 22.4 Å². The number of fused-ring (bicyclic) bond motifs is 2. The molecule has 2 aliphatic rings. The Hall–Kier alpha value is -2.70. The molecule has 1 fully saturated rings. The summed E-state index contributed by atoms with van der Waals surface area (Å²) in [6.45, 7) is 5.02. The molecule has 1 saturated heterocycles. The lowest BCUT2D eigenvalue weighted by Gasteiger charge is -2.25. The quantitative estimate of drug-likeness (QED) is 0.743. The molecule has 0 bridgehead atoms. The summed E-state index contributed by atoms with van der Waals surface area (Å²) < 4.78 is 0. The van der Waals surface area contributed by atoms with Gasteiger partial charge in [-0.25, -0.2) is 4.79 Å². The van der Waals surface area contributed by atoms with Crippen molar-refractivity contribution in [1.82, 2.24) is 15.5 Å². The number of carbonyl (C=O) groups excluding carboxylic acids is 4. The zero-order chi connectivity index (χ0) is 19.8. The number of carbonyl (C=O) groups is 4. The fourth-order valence-electron chi connectivity index (χ4n) is 4.11. The Morgan fingerprint density at radius 1 is 1.26 bits per heavy atom. The minimum atomic E-state index is -1.00. The molecule has 1 aliphatic carbocycles. The van der Waals surface area contributed by atoms with Crippen LogP contribution in [0.15, 0.2) is 24.3 Å². The molecule has 1 heterocycles. The Morgan fingerprint density at radius 3 is 2.67 bits per heavy atom. The number of ketones is 1. The molecular formula is C20H25N3O4. The number of nitrogens with zero attached hydrogens (tertiary/aromatic N) is 1. The van der Waals surface area contributed by atoms with Crippen molar-refractivity contribution in [3.8, 4) is 0 Å². The maximum atomic E-state index is 13.0. The number of hydrogen-bond donors (Lipinski definition) is 2. The van der Waals surface area contributed by atoms with Gasteiger partial charge in [0.25, 0.3) is 5.91 Å². The first kappa shape index (κ1) is 19.1. The standard InChI is InChI=1S/C20H25N3O4/c1-13(24)12-19(2,3)21-16(25)9-11-23-17(26)20(22-18(23)27)10-8-14-6-4-5-7-15(14)20/h4-7H,8-12H2,1-3H3,(H,21,25)(H,22,27)/t20-/m1/s1. The number of Topliss-reactive ketones (excluding diaryl/α,β-unsaturated/α-hetero) is 1. The van der Waals surface area contributed by atoms with Crippen LogP contribution in [0.1, 0.15) is 51.2 Å². The van der Waals surface area contributed by atoms with Crippen LogP contribution in [0.5, 0.6) is 0 Å². The summed E-state index contributed by atoms with van der Waals surface area (Å²) in [4.78, 5) is 50.1. The van der Waals surface area contributed by atoms with Crippen LogP contribution in [-0.2, 0) is 26.3 Å². The molecule has 1 aromatic carbocycles. The predicted octanol–water partition coefficient (Wildman–Crippen LogP) is 1.64. The van der Waals surface area contributed by atoms with Crippen molar-refractivity contribution in [3.05, 3.63) is 35.4 Å². The van der Waals surface area contributed by atoms with Crippen LogP contribution < -0.4 is 10.6 Å². The highest BCUT2D eigenvalue weighted by atomic mass is 16.2. The molecule has 1 aliphatic heterocycles. The molecular weight excluding hydrogens is 346 g/mol. The lowest BCUT2D eigenvalue weighted by molar-refractivity contribution is -0.132. The van der Waals surface area contributed by atoms with Gasteiger partial charge in [0.1, 0.15) is 11.3 Å². The van der Waals surface area contributed by atoms with Crippen LogP contribution in [0.25, 0.3) is 0 Å². The number of urea groups is 1. The second-order valence-corrected chi connectivity index (χ2v) is 8.01. The lowest BCUT2D eigenvalue weighted by Crippen LogP contribution is -2.46. The minimum absolute atomic E-state index is 0.00176. The fourth-order valence-corrected chi connectivity index (χ4v) is 4.11. The zero-order valence-corrected chi connectivity index (χ0v) is 15.9. The van der Waals surface area contributed by atoms with Crippen LogP contribution in [0, 0.1) is 0 Å². The number of imide groups is 1. The van der Waals surface area contributed by atoms with Gasteiger partial charge in [-0.2, -0.15) is 0 Å². The van der Waals surface area contributed by atoms with Crippen molar-refractivity contribution in [2.75, 3.05) is 6.54 Å². The number of benzene rings is 1. The molecule has 3 rings (SSSR count). The summed E-state index contributed by atoms with van der Waals surface area (Å²) in [7, 11) is 0. The SMILES string of the molecule is CC(=O)CC(C)(C)NC(=O)CCN1C(=O)N[C@@]2(CCc3ccccc32)C1=O. The highest BCUT2D eigenvalue weighted by Gasteiger charge is 2.55. The van der Waals surface area contributed by atoms with Crippen LogP contribution in [0.3, 0.4) is 0 Å². The Labute approximate surface area is 158 Å². The highest BCUT2D eigenvalue weighted by molar-refractivity contribution is 6.08. The summed E-state index contributed by atoms with van der Waals surface area (Å²) in [5.41, 5.74) is 0.249. The molecule has 27 heavy (non-hydrogen) atoms. The van der Waals surface area contributed by atoms with E-state index < -0.39 is 17.1 Å². The van der Waals surface area contributed by atoms with Gasteiger partial charge < -0.3 is 10.6 Å². The predicted molar refractivity (Wildman–Crippen MR) is 98.8 cm³/mol. The van der Waals surface area contributed by atoms with E-state index in [4.69, 9.17) is 0 Å². The maximum absolute atomic E-state index is 13.0. The van der Waals surface area contributed by atoms with Crippen molar-refractivity contribution < 1.29 is 19.2 Å². The fraction of sp³-hybridized carbons (Fsp3) is 0.500. The number of nitrogens with one attached hydrogen (secondary N) is 2. The van der Waals surface area contributed by atoms with Gasteiger partial charge in [0.15, 0.2) is 0 Å². The molecule has 0 unspecified atom stereocenters. The van der Waals surface area contributed by atoms with Crippen LogP contribution in [0.2, 0.25) is 0 Å². The van der Waals surface area contributed by atoms with Crippen molar-refractivity contribution in [3.63, 3.8) is 0 Å². The zero-order valence-electron chi connectivity index (χ0n) is 15.9. The Bertz CT molecular complexity index is 817. The average molecular weight is 371 g/mol. The van der Waals surface area contributed by atoms with Crippen LogP contribution in [0.4, 0.5) is 4.79 Å². The van der Waals surface area contributed by atoms with Gasteiger partial charge in [0.2, 0.25) is 5.91 Å². The first-order valence-corrected chi connectivity index (χ1v) is 9.18. The molecule has 144 valence electrons. The van der Waals surface area contributed by atoms with Crippen molar-refractivity contribution in [2.24, 2.45) is 0 Å². The van der Waals surface area contributed by atoms with E-state index in [2.05, 4.69) is 10.6 Å². The van der Waals surface area contributed by atoms with Gasteiger partial charge in [-0.05, 0) is 44.7 Å². The molecule has 0 saturated carbocycles. The van der Waals surface area contributed by atoms with Crippen LogP contribution >= 0.6 is 0 Å². The molecule has 1 aromatic rings. The summed E-state index contributed by atoms with van der Waals surface area (Å²) >= 11 is 0. The van der Waals surface area contributed by atoms with Gasteiger partial charge in [0, 0.05) is 24.9 Å². The smallest absolute Gasteiger partial charge is 0.325 e. The first-order valence-electron chi connectivity index (χ1n) is 9.18. The van der Waals surface area contributed by atoms with Gasteiger partial charge in [0.05, 0.1) is 0 Å². The third-order valence-corrected chi connectivity index (χ3v) is 5.15. The normalized spacial score (nSPS) is 21.4. The van der Waals surface area contributed by atoms with Gasteiger partial charge in [-0.15, -0.1) is 0 Å². The number of rotatable bonds is 6. The molecule has 4 amide bonds. The molecule has 2 N–H and O–H groups in total. The second kappa shape index (κ2) is 6.79. The topological polar surface area (TPSA) is 95.6 Å². The third-order valence-electron chi connectivity index (χ3n) is 5.15. The van der Waals surface area contributed by atoms with E-state index in [-0.39, 0.29) is 37.0 Å². The highest BCUT2D eigenvalue weighted by Crippen LogP contribution is 2.41. The molecule has 7 nitrogen and oxygen atoms in total. The summed E-state index contributed by atoms with van der Waals surface area (Å²) in [5.74, 6) is -0.612. The number of amides is 4. The lowest BCUT2D eigenvalue weighted by atomic mass is 9.92. The molecule has 1 spiro atoms. The summed E-state index contributed by atoms with van der Waals surface area (Å²) in [6.07, 6.45) is 1.49. The Balaban J connectivity index is 1.66. The molecule has 0 aromatic heterocycles. The number of aryl methyl sites for hydroxylation is 1.